The number of rotatable bonds is 5. The molecule has 0 spiro atoms. The van der Waals surface area contributed by atoms with E-state index in [-0.39, 0.29) is 9.92 Å². The van der Waals surface area contributed by atoms with Crippen molar-refractivity contribution in [2.75, 3.05) is 19.3 Å². The van der Waals surface area contributed by atoms with Crippen LogP contribution in [0.3, 0.4) is 0 Å². The van der Waals surface area contributed by atoms with Crippen LogP contribution in [0.2, 0.25) is 5.02 Å². The molecular formula is C14H16ClN3O2S. The second-order valence-corrected chi connectivity index (χ2v) is 7.07. The quantitative estimate of drug-likeness (QED) is 0.855. The number of nitrogens with zero attached hydrogens (tertiary/aromatic N) is 2. The minimum absolute atomic E-state index is 0.138. The van der Waals surface area contributed by atoms with Gasteiger partial charge in [-0.3, -0.25) is 4.98 Å². The predicted molar refractivity (Wildman–Crippen MR) is 83.6 cm³/mol. The Morgan fingerprint density at radius 1 is 1.24 bits per heavy atom. The number of hydrogen-bond acceptors (Lipinski definition) is 4. The summed E-state index contributed by atoms with van der Waals surface area (Å²) in [5.74, 6) is 0. The number of nitrogen functional groups attached to an aromatic ring is 1. The van der Waals surface area contributed by atoms with Gasteiger partial charge in [-0.1, -0.05) is 11.6 Å². The lowest BCUT2D eigenvalue weighted by molar-refractivity contribution is 0.472. The van der Waals surface area contributed by atoms with Crippen molar-refractivity contribution in [2.24, 2.45) is 0 Å². The monoisotopic (exact) mass is 325 g/mol. The van der Waals surface area contributed by atoms with E-state index in [2.05, 4.69) is 4.98 Å². The molecule has 2 rings (SSSR count). The number of sulfonamides is 1. The van der Waals surface area contributed by atoms with Gasteiger partial charge in [0.2, 0.25) is 10.0 Å². The number of nitrogens with two attached hydrogens (primary N) is 1. The number of halogens is 1. The van der Waals surface area contributed by atoms with Crippen LogP contribution >= 0.6 is 11.6 Å². The number of anilines is 1. The van der Waals surface area contributed by atoms with Crippen molar-refractivity contribution < 1.29 is 8.42 Å². The molecule has 112 valence electrons. The Bertz CT molecular complexity index is 720. The molecule has 0 radical (unpaired) electrons. The van der Waals surface area contributed by atoms with E-state index in [1.807, 2.05) is 12.1 Å². The lowest BCUT2D eigenvalue weighted by Crippen LogP contribution is -2.29. The summed E-state index contributed by atoms with van der Waals surface area (Å²) in [7, 11) is -2.03. The Labute approximate surface area is 129 Å². The van der Waals surface area contributed by atoms with E-state index in [0.29, 0.717) is 18.7 Å². The van der Waals surface area contributed by atoms with E-state index in [0.717, 1.165) is 5.56 Å². The van der Waals surface area contributed by atoms with E-state index in [4.69, 9.17) is 17.3 Å². The maximum absolute atomic E-state index is 12.4. The fraction of sp³-hybridized carbons (Fsp3) is 0.214. The van der Waals surface area contributed by atoms with Crippen molar-refractivity contribution in [1.29, 1.82) is 0 Å². The second-order valence-electron chi connectivity index (χ2n) is 4.62. The molecule has 0 amide bonds. The highest BCUT2D eigenvalue weighted by Crippen LogP contribution is 2.24. The molecule has 2 aromatic rings. The largest absolute Gasteiger partial charge is 0.398 e. The molecule has 0 saturated carbocycles. The summed E-state index contributed by atoms with van der Waals surface area (Å²) in [6, 6.07) is 8.04. The smallest absolute Gasteiger partial charge is 0.242 e. The molecule has 1 aromatic heterocycles. The second kappa shape index (κ2) is 6.43. The molecule has 5 nitrogen and oxygen atoms in total. The maximum atomic E-state index is 12.4. The van der Waals surface area contributed by atoms with Gasteiger partial charge in [-0.2, -0.15) is 0 Å². The van der Waals surface area contributed by atoms with Crippen LogP contribution in [0.4, 0.5) is 5.69 Å². The van der Waals surface area contributed by atoms with E-state index >= 15 is 0 Å². The van der Waals surface area contributed by atoms with Crippen LogP contribution in [0, 0.1) is 0 Å². The summed E-state index contributed by atoms with van der Waals surface area (Å²) in [5.41, 5.74) is 6.98. The lowest BCUT2D eigenvalue weighted by Gasteiger charge is -2.17. The summed E-state index contributed by atoms with van der Waals surface area (Å²) >= 11 is 5.88. The van der Waals surface area contributed by atoms with Crippen molar-refractivity contribution in [3.8, 4) is 0 Å². The van der Waals surface area contributed by atoms with Crippen LogP contribution in [0.25, 0.3) is 0 Å². The van der Waals surface area contributed by atoms with E-state index in [9.17, 15) is 8.42 Å². The Balaban J connectivity index is 2.13. The van der Waals surface area contributed by atoms with Crippen molar-refractivity contribution in [3.63, 3.8) is 0 Å². The number of pyridine rings is 1. The third-order valence-corrected chi connectivity index (χ3v) is 5.33. The normalized spacial score (nSPS) is 11.8. The lowest BCUT2D eigenvalue weighted by atomic mass is 10.2. The molecule has 2 N–H and O–H groups in total. The zero-order chi connectivity index (χ0) is 15.5. The number of likely N-dealkylation sites (N-methyl/N-ethyl adjacent to an activating group) is 1. The van der Waals surface area contributed by atoms with Gasteiger partial charge in [0.1, 0.15) is 0 Å². The number of aromatic nitrogens is 1. The molecule has 1 heterocycles. The van der Waals surface area contributed by atoms with E-state index < -0.39 is 10.0 Å². The molecule has 0 bridgehead atoms. The molecule has 1 aromatic carbocycles. The molecule has 0 aliphatic heterocycles. The van der Waals surface area contributed by atoms with Crippen LogP contribution in [0.1, 0.15) is 5.56 Å². The van der Waals surface area contributed by atoms with Gasteiger partial charge >= 0.3 is 0 Å². The first kappa shape index (κ1) is 15.8. The zero-order valence-corrected chi connectivity index (χ0v) is 13.1. The highest BCUT2D eigenvalue weighted by molar-refractivity contribution is 7.89. The van der Waals surface area contributed by atoms with Crippen LogP contribution < -0.4 is 5.73 Å². The van der Waals surface area contributed by atoms with Gasteiger partial charge in [0.15, 0.2) is 0 Å². The van der Waals surface area contributed by atoms with Crippen molar-refractivity contribution >= 4 is 27.3 Å². The first-order chi connectivity index (χ1) is 9.91. The minimum atomic E-state index is -3.57. The molecule has 0 aliphatic rings. The fourth-order valence-electron chi connectivity index (χ4n) is 1.80. The van der Waals surface area contributed by atoms with Crippen molar-refractivity contribution in [1.82, 2.24) is 9.29 Å². The van der Waals surface area contributed by atoms with Gasteiger partial charge in [-0.25, -0.2) is 12.7 Å². The predicted octanol–water partition coefficient (Wildman–Crippen LogP) is 2.18. The summed E-state index contributed by atoms with van der Waals surface area (Å²) in [6.07, 6.45) is 3.98. The van der Waals surface area contributed by atoms with Gasteiger partial charge < -0.3 is 5.73 Å². The van der Waals surface area contributed by atoms with Gasteiger partial charge in [-0.05, 0) is 42.3 Å². The van der Waals surface area contributed by atoms with Crippen LogP contribution in [-0.2, 0) is 16.4 Å². The minimum Gasteiger partial charge on any atom is -0.398 e. The summed E-state index contributed by atoms with van der Waals surface area (Å²) in [5, 5.41) is 0.235. The van der Waals surface area contributed by atoms with Crippen molar-refractivity contribution in [3.05, 3.63) is 53.3 Å². The SMILES string of the molecule is CN(CCc1ccncc1)S(=O)(=O)c1ccc(N)c(Cl)c1. The summed E-state index contributed by atoms with van der Waals surface area (Å²) in [6.45, 7) is 0.369. The third-order valence-electron chi connectivity index (χ3n) is 3.14. The van der Waals surface area contributed by atoms with Crippen LogP contribution in [-0.4, -0.2) is 31.3 Å². The first-order valence-corrected chi connectivity index (χ1v) is 8.13. The Kier molecular flexibility index (Phi) is 4.82. The Morgan fingerprint density at radius 3 is 2.52 bits per heavy atom. The third kappa shape index (κ3) is 3.72. The van der Waals surface area contributed by atoms with Crippen LogP contribution in [0.5, 0.6) is 0 Å². The molecule has 21 heavy (non-hydrogen) atoms. The Hall–Kier alpha value is -1.63. The summed E-state index contributed by atoms with van der Waals surface area (Å²) < 4.78 is 26.2. The number of benzene rings is 1. The van der Waals surface area contributed by atoms with E-state index in [1.165, 1.54) is 22.5 Å². The van der Waals surface area contributed by atoms with Gasteiger partial charge in [0.25, 0.3) is 0 Å². The van der Waals surface area contributed by atoms with Gasteiger partial charge in [-0.15, -0.1) is 0 Å². The molecule has 0 unspecified atom stereocenters. The Morgan fingerprint density at radius 2 is 1.90 bits per heavy atom. The molecule has 7 heteroatoms. The zero-order valence-electron chi connectivity index (χ0n) is 11.5. The van der Waals surface area contributed by atoms with Crippen LogP contribution in [0.15, 0.2) is 47.6 Å². The average Bonchev–Trinajstić information content (AvgIpc) is 2.48. The van der Waals surface area contributed by atoms with Gasteiger partial charge in [0, 0.05) is 26.0 Å². The fourth-order valence-corrected chi connectivity index (χ4v) is 3.25. The first-order valence-electron chi connectivity index (χ1n) is 6.31. The molecular weight excluding hydrogens is 310 g/mol. The molecule has 0 atom stereocenters. The molecule has 0 aliphatic carbocycles. The summed E-state index contributed by atoms with van der Waals surface area (Å²) in [4.78, 5) is 4.07. The standard InChI is InChI=1S/C14H16ClN3O2S/c1-18(9-6-11-4-7-17-8-5-11)21(19,20)12-2-3-14(16)13(15)10-12/h2-5,7-8,10H,6,9,16H2,1H3. The highest BCUT2D eigenvalue weighted by atomic mass is 35.5. The molecule has 0 saturated heterocycles. The molecule has 0 fully saturated rings. The maximum Gasteiger partial charge on any atom is 0.242 e. The topological polar surface area (TPSA) is 76.3 Å². The van der Waals surface area contributed by atoms with E-state index in [1.54, 1.807) is 19.4 Å². The average molecular weight is 326 g/mol. The van der Waals surface area contributed by atoms with Gasteiger partial charge in [0.05, 0.1) is 15.6 Å². The highest BCUT2D eigenvalue weighted by Gasteiger charge is 2.21. The number of hydrogen-bond donors (Lipinski definition) is 1. The van der Waals surface area contributed by atoms with Crippen molar-refractivity contribution in [2.45, 2.75) is 11.3 Å².